The van der Waals surface area contributed by atoms with Crippen molar-refractivity contribution < 1.29 is 4.52 Å². The van der Waals surface area contributed by atoms with Gasteiger partial charge in [0.15, 0.2) is 5.82 Å². The zero-order valence-corrected chi connectivity index (χ0v) is 13.8. The molecule has 3 heterocycles. The number of fused-ring (bicyclic) bond motifs is 1. The van der Waals surface area contributed by atoms with Gasteiger partial charge in [-0.25, -0.2) is 0 Å². The van der Waals surface area contributed by atoms with Crippen molar-refractivity contribution in [2.24, 2.45) is 0 Å². The Bertz CT molecular complexity index is 739. The van der Waals surface area contributed by atoms with E-state index in [1.165, 1.54) is 10.1 Å². The molecular formula is C15H17ClN4OS. The third-order valence-corrected chi connectivity index (χ3v) is 4.99. The number of rotatable bonds is 2. The molecule has 116 valence electrons. The highest BCUT2D eigenvalue weighted by Crippen LogP contribution is 2.33. The second-order valence-electron chi connectivity index (χ2n) is 5.31. The van der Waals surface area contributed by atoms with Crippen LogP contribution in [0.4, 0.5) is 0 Å². The lowest BCUT2D eigenvalue weighted by Gasteiger charge is -2.30. The van der Waals surface area contributed by atoms with E-state index in [-0.39, 0.29) is 18.4 Å². The fourth-order valence-electron chi connectivity index (χ4n) is 2.65. The van der Waals surface area contributed by atoms with Crippen molar-refractivity contribution in [2.45, 2.75) is 6.04 Å². The standard InChI is InChI=1S/C15H16N4OS.ClH/c1-19-7-6-16-9-11(19)14-17-15(20-18-14)13-8-10-4-2-3-5-12(10)21-13;/h2-5,8,11,16H,6-7,9H2,1H3;1H. The summed E-state index contributed by atoms with van der Waals surface area (Å²) in [5, 5.41) is 8.77. The Hall–Kier alpha value is -1.47. The van der Waals surface area contributed by atoms with Crippen LogP contribution in [0, 0.1) is 0 Å². The molecule has 1 aromatic carbocycles. The molecule has 0 saturated carbocycles. The van der Waals surface area contributed by atoms with Crippen LogP contribution >= 0.6 is 23.7 Å². The smallest absolute Gasteiger partial charge is 0.268 e. The van der Waals surface area contributed by atoms with Crippen molar-refractivity contribution in [2.75, 3.05) is 26.7 Å². The SMILES string of the molecule is CN1CCNCC1c1noc(-c2cc3ccccc3s2)n1.Cl. The molecule has 4 rings (SSSR count). The lowest BCUT2D eigenvalue weighted by molar-refractivity contribution is 0.190. The molecule has 5 nitrogen and oxygen atoms in total. The first-order chi connectivity index (χ1) is 10.3. The Kier molecular flexibility index (Phi) is 4.44. The first kappa shape index (κ1) is 15.4. The molecule has 1 N–H and O–H groups in total. The van der Waals surface area contributed by atoms with Crippen LogP contribution in [-0.2, 0) is 0 Å². The Balaban J connectivity index is 0.00000144. The molecule has 0 spiro atoms. The van der Waals surface area contributed by atoms with E-state index >= 15 is 0 Å². The molecule has 1 aliphatic rings. The van der Waals surface area contributed by atoms with Crippen molar-refractivity contribution in [3.05, 3.63) is 36.2 Å². The molecule has 7 heteroatoms. The maximum Gasteiger partial charge on any atom is 0.268 e. The summed E-state index contributed by atoms with van der Waals surface area (Å²) in [5.74, 6) is 1.38. The summed E-state index contributed by atoms with van der Waals surface area (Å²) in [7, 11) is 2.10. The zero-order valence-electron chi connectivity index (χ0n) is 12.2. The summed E-state index contributed by atoms with van der Waals surface area (Å²) >= 11 is 1.69. The van der Waals surface area contributed by atoms with Gasteiger partial charge in [0.25, 0.3) is 5.89 Å². The second kappa shape index (κ2) is 6.34. The highest BCUT2D eigenvalue weighted by molar-refractivity contribution is 7.22. The number of benzene rings is 1. The van der Waals surface area contributed by atoms with Crippen LogP contribution in [0.5, 0.6) is 0 Å². The average molecular weight is 337 g/mol. The maximum absolute atomic E-state index is 5.48. The van der Waals surface area contributed by atoms with Crippen molar-refractivity contribution in [1.82, 2.24) is 20.4 Å². The molecule has 0 radical (unpaired) electrons. The van der Waals surface area contributed by atoms with Crippen LogP contribution in [-0.4, -0.2) is 41.7 Å². The molecule has 22 heavy (non-hydrogen) atoms. The number of likely N-dealkylation sites (N-methyl/N-ethyl adjacent to an activating group) is 1. The minimum absolute atomic E-state index is 0. The number of nitrogens with zero attached hydrogens (tertiary/aromatic N) is 3. The van der Waals surface area contributed by atoms with Crippen LogP contribution in [0.25, 0.3) is 20.9 Å². The molecule has 1 aliphatic heterocycles. The van der Waals surface area contributed by atoms with E-state index in [1.54, 1.807) is 11.3 Å². The Morgan fingerprint density at radius 1 is 1.36 bits per heavy atom. The fraction of sp³-hybridized carbons (Fsp3) is 0.333. The van der Waals surface area contributed by atoms with Gasteiger partial charge in [-0.1, -0.05) is 23.4 Å². The first-order valence-corrected chi connectivity index (χ1v) is 7.86. The van der Waals surface area contributed by atoms with Crippen molar-refractivity contribution in [1.29, 1.82) is 0 Å². The summed E-state index contributed by atoms with van der Waals surface area (Å²) in [6.45, 7) is 2.87. The second-order valence-corrected chi connectivity index (χ2v) is 6.39. The number of hydrogen-bond donors (Lipinski definition) is 1. The largest absolute Gasteiger partial charge is 0.333 e. The van der Waals surface area contributed by atoms with E-state index in [9.17, 15) is 0 Å². The van der Waals surface area contributed by atoms with Gasteiger partial charge in [-0.2, -0.15) is 4.98 Å². The average Bonchev–Trinajstić information content (AvgIpc) is 3.14. The highest BCUT2D eigenvalue weighted by Gasteiger charge is 2.25. The van der Waals surface area contributed by atoms with Gasteiger partial charge in [-0.15, -0.1) is 23.7 Å². The lowest BCUT2D eigenvalue weighted by Crippen LogP contribution is -2.44. The number of piperazine rings is 1. The Labute approximate surface area is 138 Å². The fourth-order valence-corrected chi connectivity index (χ4v) is 3.64. The molecule has 1 saturated heterocycles. The zero-order chi connectivity index (χ0) is 14.2. The summed E-state index contributed by atoms with van der Waals surface area (Å²) in [6, 6.07) is 10.6. The van der Waals surface area contributed by atoms with Gasteiger partial charge < -0.3 is 9.84 Å². The first-order valence-electron chi connectivity index (χ1n) is 7.05. The van der Waals surface area contributed by atoms with E-state index in [0.717, 1.165) is 30.3 Å². The van der Waals surface area contributed by atoms with Gasteiger partial charge in [0.1, 0.15) is 0 Å². The third kappa shape index (κ3) is 2.75. The van der Waals surface area contributed by atoms with Crippen LogP contribution < -0.4 is 5.32 Å². The monoisotopic (exact) mass is 336 g/mol. The molecule has 1 unspecified atom stereocenters. The highest BCUT2D eigenvalue weighted by atomic mass is 35.5. The molecule has 0 amide bonds. The van der Waals surface area contributed by atoms with Crippen LogP contribution in [0.15, 0.2) is 34.9 Å². The predicted octanol–water partition coefficient (Wildman–Crippen LogP) is 2.95. The summed E-state index contributed by atoms with van der Waals surface area (Å²) in [4.78, 5) is 7.89. The summed E-state index contributed by atoms with van der Waals surface area (Å²) in [5.41, 5.74) is 0. The van der Waals surface area contributed by atoms with Gasteiger partial charge in [0.2, 0.25) is 0 Å². The van der Waals surface area contributed by atoms with Gasteiger partial charge >= 0.3 is 0 Å². The Morgan fingerprint density at radius 3 is 3.05 bits per heavy atom. The van der Waals surface area contributed by atoms with E-state index < -0.39 is 0 Å². The lowest BCUT2D eigenvalue weighted by atomic mass is 10.2. The van der Waals surface area contributed by atoms with Crippen molar-refractivity contribution >= 4 is 33.8 Å². The van der Waals surface area contributed by atoms with E-state index in [0.29, 0.717) is 5.89 Å². The van der Waals surface area contributed by atoms with Crippen LogP contribution in [0.2, 0.25) is 0 Å². The number of hydrogen-bond acceptors (Lipinski definition) is 6. The van der Waals surface area contributed by atoms with E-state index in [4.69, 9.17) is 4.52 Å². The quantitative estimate of drug-likeness (QED) is 0.779. The molecule has 1 atom stereocenters. The van der Waals surface area contributed by atoms with E-state index in [1.807, 2.05) is 12.1 Å². The molecule has 0 aliphatic carbocycles. The maximum atomic E-state index is 5.48. The van der Waals surface area contributed by atoms with Gasteiger partial charge in [-0.05, 0) is 24.6 Å². The number of nitrogens with one attached hydrogen (secondary N) is 1. The van der Waals surface area contributed by atoms with Crippen LogP contribution in [0.3, 0.4) is 0 Å². The third-order valence-electron chi connectivity index (χ3n) is 3.89. The predicted molar refractivity (Wildman–Crippen MR) is 90.6 cm³/mol. The number of thiophene rings is 1. The minimum Gasteiger partial charge on any atom is -0.333 e. The number of aromatic nitrogens is 2. The Morgan fingerprint density at radius 2 is 2.23 bits per heavy atom. The van der Waals surface area contributed by atoms with Gasteiger partial charge in [0.05, 0.1) is 10.9 Å². The van der Waals surface area contributed by atoms with Crippen molar-refractivity contribution in [3.8, 4) is 10.8 Å². The molecule has 1 fully saturated rings. The minimum atomic E-state index is 0. The molecular weight excluding hydrogens is 320 g/mol. The molecule has 2 aromatic heterocycles. The normalized spacial score (nSPS) is 19.2. The molecule has 3 aromatic rings. The van der Waals surface area contributed by atoms with Crippen LogP contribution in [0.1, 0.15) is 11.9 Å². The topological polar surface area (TPSA) is 54.2 Å². The summed E-state index contributed by atoms with van der Waals surface area (Å²) in [6.07, 6.45) is 0. The number of halogens is 1. The van der Waals surface area contributed by atoms with Gasteiger partial charge in [0, 0.05) is 24.3 Å². The van der Waals surface area contributed by atoms with Crippen molar-refractivity contribution in [3.63, 3.8) is 0 Å². The summed E-state index contributed by atoms with van der Waals surface area (Å²) < 4.78 is 6.72. The van der Waals surface area contributed by atoms with Gasteiger partial charge in [-0.3, -0.25) is 4.90 Å². The molecule has 0 bridgehead atoms. The van der Waals surface area contributed by atoms with E-state index in [2.05, 4.69) is 45.6 Å².